The highest BCUT2D eigenvalue weighted by atomic mass is 16.2. The van der Waals surface area contributed by atoms with E-state index in [1.165, 1.54) is 31.2 Å². The van der Waals surface area contributed by atoms with Crippen LogP contribution in [0.5, 0.6) is 0 Å². The molecule has 1 unspecified atom stereocenters. The van der Waals surface area contributed by atoms with Crippen molar-refractivity contribution in [3.8, 4) is 0 Å². The second-order valence-corrected chi connectivity index (χ2v) is 6.66. The van der Waals surface area contributed by atoms with Crippen molar-refractivity contribution >= 4 is 5.91 Å². The summed E-state index contributed by atoms with van der Waals surface area (Å²) in [5.41, 5.74) is 1.22. The lowest BCUT2D eigenvalue weighted by atomic mass is 10.1. The molecule has 0 heterocycles. The van der Waals surface area contributed by atoms with Crippen LogP contribution in [0.4, 0.5) is 0 Å². The number of hydrogen-bond acceptors (Lipinski definition) is 2. The first-order chi connectivity index (χ1) is 10.2. The van der Waals surface area contributed by atoms with Gasteiger partial charge in [-0.2, -0.15) is 0 Å². The normalized spacial score (nSPS) is 19.3. The van der Waals surface area contributed by atoms with E-state index in [1.54, 1.807) is 0 Å². The molecule has 3 heteroatoms. The van der Waals surface area contributed by atoms with Crippen LogP contribution in [0, 0.1) is 11.8 Å². The van der Waals surface area contributed by atoms with E-state index in [0.29, 0.717) is 18.5 Å². The molecular weight excluding hydrogens is 260 g/mol. The molecule has 0 radical (unpaired) electrons. The van der Waals surface area contributed by atoms with Gasteiger partial charge in [-0.25, -0.2) is 0 Å². The van der Waals surface area contributed by atoms with Gasteiger partial charge in [0.2, 0.25) is 5.91 Å². The van der Waals surface area contributed by atoms with Crippen LogP contribution in [0.1, 0.15) is 38.2 Å². The first-order valence-electron chi connectivity index (χ1n) is 8.28. The van der Waals surface area contributed by atoms with E-state index in [4.69, 9.17) is 0 Å². The zero-order chi connectivity index (χ0) is 14.7. The minimum absolute atomic E-state index is 0.249. The average molecular weight is 286 g/mol. The highest BCUT2D eigenvalue weighted by Crippen LogP contribution is 2.35. The molecule has 1 amide bonds. The number of amides is 1. The Morgan fingerprint density at radius 3 is 2.57 bits per heavy atom. The molecule has 0 aliphatic heterocycles. The minimum Gasteiger partial charge on any atom is -0.334 e. The van der Waals surface area contributed by atoms with Crippen LogP contribution < -0.4 is 5.32 Å². The van der Waals surface area contributed by atoms with Gasteiger partial charge in [0.25, 0.3) is 0 Å². The van der Waals surface area contributed by atoms with E-state index in [2.05, 4.69) is 29.3 Å². The summed E-state index contributed by atoms with van der Waals surface area (Å²) in [5, 5.41) is 3.34. The minimum atomic E-state index is 0.249. The summed E-state index contributed by atoms with van der Waals surface area (Å²) in [4.78, 5) is 14.7. The number of hydrogen-bond donors (Lipinski definition) is 1. The molecule has 0 bridgehead atoms. The Kier molecular flexibility index (Phi) is 4.59. The molecule has 1 aromatic rings. The van der Waals surface area contributed by atoms with Gasteiger partial charge < -0.3 is 10.2 Å². The molecule has 1 N–H and O–H groups in total. The number of carbonyl (C=O) groups is 1. The lowest BCUT2D eigenvalue weighted by Crippen LogP contribution is -2.44. The molecule has 21 heavy (non-hydrogen) atoms. The second kappa shape index (κ2) is 6.61. The summed E-state index contributed by atoms with van der Waals surface area (Å²) < 4.78 is 0. The van der Waals surface area contributed by atoms with Crippen molar-refractivity contribution in [1.82, 2.24) is 10.2 Å². The predicted molar refractivity (Wildman–Crippen MR) is 84.8 cm³/mol. The first kappa shape index (κ1) is 14.6. The molecule has 3 nitrogen and oxygen atoms in total. The maximum Gasteiger partial charge on any atom is 0.237 e. The molecule has 0 aromatic heterocycles. The van der Waals surface area contributed by atoms with Crippen LogP contribution in [0.3, 0.4) is 0 Å². The highest BCUT2D eigenvalue weighted by Gasteiger charge is 2.34. The van der Waals surface area contributed by atoms with Gasteiger partial charge in [-0.1, -0.05) is 30.3 Å². The van der Waals surface area contributed by atoms with Gasteiger partial charge in [0, 0.05) is 12.6 Å². The Bertz CT molecular complexity index is 465. The summed E-state index contributed by atoms with van der Waals surface area (Å²) in [6, 6.07) is 10.7. The summed E-state index contributed by atoms with van der Waals surface area (Å²) in [7, 11) is 0. The van der Waals surface area contributed by atoms with Crippen LogP contribution in [-0.2, 0) is 11.3 Å². The summed E-state index contributed by atoms with van der Waals surface area (Å²) >= 11 is 0. The van der Waals surface area contributed by atoms with E-state index in [-0.39, 0.29) is 5.91 Å². The molecule has 2 aliphatic carbocycles. The van der Waals surface area contributed by atoms with Crippen LogP contribution in [-0.4, -0.2) is 29.9 Å². The maximum absolute atomic E-state index is 12.6. The molecule has 0 saturated heterocycles. The third-order valence-corrected chi connectivity index (χ3v) is 4.72. The van der Waals surface area contributed by atoms with E-state index >= 15 is 0 Å². The van der Waals surface area contributed by atoms with E-state index < -0.39 is 0 Å². The number of carbonyl (C=O) groups excluding carboxylic acids is 1. The first-order valence-corrected chi connectivity index (χ1v) is 8.28. The Morgan fingerprint density at radius 2 is 1.95 bits per heavy atom. The quantitative estimate of drug-likeness (QED) is 0.797. The number of rotatable bonds is 8. The van der Waals surface area contributed by atoms with Crippen molar-refractivity contribution in [1.29, 1.82) is 0 Å². The molecule has 3 rings (SSSR count). The molecule has 0 spiro atoms. The number of benzene rings is 1. The molecule has 1 atom stereocenters. The van der Waals surface area contributed by atoms with Gasteiger partial charge in [0.15, 0.2) is 0 Å². The van der Waals surface area contributed by atoms with Crippen LogP contribution in [0.25, 0.3) is 0 Å². The van der Waals surface area contributed by atoms with Crippen LogP contribution in [0.15, 0.2) is 30.3 Å². The Balaban J connectivity index is 1.58. The average Bonchev–Trinajstić information content (AvgIpc) is 3.38. The van der Waals surface area contributed by atoms with Gasteiger partial charge in [-0.15, -0.1) is 0 Å². The number of nitrogens with zero attached hydrogens (tertiary/aromatic N) is 1. The zero-order valence-corrected chi connectivity index (χ0v) is 12.9. The second-order valence-electron chi connectivity index (χ2n) is 6.66. The topological polar surface area (TPSA) is 32.3 Å². The predicted octanol–water partition coefficient (Wildman–Crippen LogP) is 2.81. The van der Waals surface area contributed by atoms with Gasteiger partial charge >= 0.3 is 0 Å². The third kappa shape index (κ3) is 4.31. The fourth-order valence-electron chi connectivity index (χ4n) is 2.88. The van der Waals surface area contributed by atoms with E-state index in [9.17, 15) is 4.79 Å². The van der Waals surface area contributed by atoms with Crippen molar-refractivity contribution < 1.29 is 4.79 Å². The summed E-state index contributed by atoms with van der Waals surface area (Å²) in [5.74, 6) is 1.78. The van der Waals surface area contributed by atoms with Crippen molar-refractivity contribution in [3.05, 3.63) is 35.9 Å². The number of nitrogens with one attached hydrogen (secondary N) is 1. The molecule has 2 aliphatic rings. The van der Waals surface area contributed by atoms with Gasteiger partial charge in [0.05, 0.1) is 6.54 Å². The molecule has 114 valence electrons. The smallest absolute Gasteiger partial charge is 0.237 e. The summed E-state index contributed by atoms with van der Waals surface area (Å²) in [6.45, 7) is 4.44. The molecule has 2 fully saturated rings. The Labute approximate surface area is 127 Å². The largest absolute Gasteiger partial charge is 0.334 e. The fraction of sp³-hybridized carbons (Fsp3) is 0.611. The molecule has 2 saturated carbocycles. The van der Waals surface area contributed by atoms with E-state index in [0.717, 1.165) is 19.0 Å². The van der Waals surface area contributed by atoms with Gasteiger partial charge in [0.1, 0.15) is 0 Å². The van der Waals surface area contributed by atoms with Gasteiger partial charge in [-0.05, 0) is 56.6 Å². The van der Waals surface area contributed by atoms with Crippen molar-refractivity contribution in [2.24, 2.45) is 11.8 Å². The molecular formula is C18H26N2O. The summed E-state index contributed by atoms with van der Waals surface area (Å²) in [6.07, 6.45) is 5.20. The molecule has 1 aromatic carbocycles. The Morgan fingerprint density at radius 1 is 1.24 bits per heavy atom. The standard InChI is InChI=1S/C18H26N2O/c1-14(17-9-10-17)20(13-16-5-3-2-4-6-16)18(21)12-19-11-15-7-8-15/h2-6,14-15,17,19H,7-13H2,1H3. The van der Waals surface area contributed by atoms with Gasteiger partial charge in [-0.3, -0.25) is 4.79 Å². The monoisotopic (exact) mass is 286 g/mol. The van der Waals surface area contributed by atoms with Crippen molar-refractivity contribution in [2.45, 2.75) is 45.2 Å². The zero-order valence-electron chi connectivity index (χ0n) is 12.9. The van der Waals surface area contributed by atoms with Crippen LogP contribution in [0.2, 0.25) is 0 Å². The van der Waals surface area contributed by atoms with Crippen LogP contribution >= 0.6 is 0 Å². The Hall–Kier alpha value is -1.35. The third-order valence-electron chi connectivity index (χ3n) is 4.72. The lowest BCUT2D eigenvalue weighted by molar-refractivity contribution is -0.133. The fourth-order valence-corrected chi connectivity index (χ4v) is 2.88. The SMILES string of the molecule is CC(C1CC1)N(Cc1ccccc1)C(=O)CNCC1CC1. The highest BCUT2D eigenvalue weighted by molar-refractivity contribution is 5.78. The van der Waals surface area contributed by atoms with E-state index in [1.807, 2.05) is 18.2 Å². The maximum atomic E-state index is 12.6. The van der Waals surface area contributed by atoms with Crippen molar-refractivity contribution in [2.75, 3.05) is 13.1 Å². The van der Waals surface area contributed by atoms with Crippen molar-refractivity contribution in [3.63, 3.8) is 0 Å². The lowest BCUT2D eigenvalue weighted by Gasteiger charge is -2.30.